The summed E-state index contributed by atoms with van der Waals surface area (Å²) in [4.78, 5) is 6.22. The summed E-state index contributed by atoms with van der Waals surface area (Å²) in [5, 5.41) is 17.4. The second-order valence-electron chi connectivity index (χ2n) is 7.13. The number of para-hydroxylation sites is 1. The van der Waals surface area contributed by atoms with Gasteiger partial charge in [-0.3, -0.25) is 4.99 Å². The van der Waals surface area contributed by atoms with Crippen molar-refractivity contribution in [2.75, 3.05) is 26.4 Å². The van der Waals surface area contributed by atoms with Crippen molar-refractivity contribution in [1.29, 1.82) is 5.26 Å². The molecule has 1 heterocycles. The van der Waals surface area contributed by atoms with Crippen LogP contribution in [0, 0.1) is 17.1 Å². The Balaban J connectivity index is 1.58. The van der Waals surface area contributed by atoms with Crippen LogP contribution in [0.1, 0.15) is 23.2 Å². The summed E-state index contributed by atoms with van der Waals surface area (Å²) in [6.45, 7) is 1.18. The fraction of sp³-hybridized carbons (Fsp3) is 0.261. The van der Waals surface area contributed by atoms with Crippen LogP contribution in [0.2, 0.25) is 0 Å². The minimum atomic E-state index is -0.253. The van der Waals surface area contributed by atoms with Gasteiger partial charge in [0.25, 0.3) is 0 Å². The molecule has 0 saturated carbocycles. The molecule has 0 bridgehead atoms. The SMILES string of the molecule is CN=C(NCCCc1nn(-c2ccccc2)c(N)c1C#N)N(C)Cc1cccc(F)c1. The van der Waals surface area contributed by atoms with E-state index in [4.69, 9.17) is 5.73 Å². The lowest BCUT2D eigenvalue weighted by atomic mass is 10.1. The molecule has 8 heteroatoms. The zero-order valence-corrected chi connectivity index (χ0v) is 17.7. The van der Waals surface area contributed by atoms with E-state index in [1.807, 2.05) is 48.3 Å². The van der Waals surface area contributed by atoms with Crippen molar-refractivity contribution >= 4 is 11.8 Å². The molecule has 0 radical (unpaired) electrons. The molecule has 160 valence electrons. The van der Waals surface area contributed by atoms with Crippen molar-refractivity contribution < 1.29 is 4.39 Å². The lowest BCUT2D eigenvalue weighted by molar-refractivity contribution is 0.473. The molecule has 3 N–H and O–H groups in total. The molecule has 0 saturated heterocycles. The Hall–Kier alpha value is -3.86. The van der Waals surface area contributed by atoms with Gasteiger partial charge in [-0.25, -0.2) is 9.07 Å². The van der Waals surface area contributed by atoms with Crippen molar-refractivity contribution in [3.8, 4) is 11.8 Å². The monoisotopic (exact) mass is 419 g/mol. The van der Waals surface area contributed by atoms with Gasteiger partial charge in [-0.05, 0) is 42.7 Å². The number of rotatable bonds is 7. The van der Waals surface area contributed by atoms with Crippen LogP contribution in [-0.4, -0.2) is 41.3 Å². The summed E-state index contributed by atoms with van der Waals surface area (Å²) in [6, 6.07) is 18.2. The Labute approximate surface area is 181 Å². The highest BCUT2D eigenvalue weighted by atomic mass is 19.1. The van der Waals surface area contributed by atoms with Crippen molar-refractivity contribution in [2.24, 2.45) is 4.99 Å². The number of anilines is 1. The number of nitrogen functional groups attached to an aromatic ring is 1. The molecule has 3 rings (SSSR count). The Morgan fingerprint density at radius 2 is 2.03 bits per heavy atom. The molecular formula is C23H26FN7. The first-order chi connectivity index (χ1) is 15.0. The number of benzene rings is 2. The molecule has 0 aliphatic heterocycles. The van der Waals surface area contributed by atoms with E-state index in [1.54, 1.807) is 17.8 Å². The molecule has 0 fully saturated rings. The minimum absolute atomic E-state index is 0.253. The Kier molecular flexibility index (Phi) is 7.22. The second-order valence-corrected chi connectivity index (χ2v) is 7.13. The number of aromatic nitrogens is 2. The lowest BCUT2D eigenvalue weighted by Crippen LogP contribution is -2.39. The number of hydrogen-bond acceptors (Lipinski definition) is 4. The van der Waals surface area contributed by atoms with E-state index in [2.05, 4.69) is 21.5 Å². The number of nitrogens with two attached hydrogens (primary N) is 1. The third-order valence-corrected chi connectivity index (χ3v) is 4.86. The maximum absolute atomic E-state index is 13.4. The van der Waals surface area contributed by atoms with E-state index in [0.29, 0.717) is 42.5 Å². The van der Waals surface area contributed by atoms with Crippen molar-refractivity contribution in [3.63, 3.8) is 0 Å². The van der Waals surface area contributed by atoms with Crippen LogP contribution in [0.4, 0.5) is 10.2 Å². The zero-order valence-electron chi connectivity index (χ0n) is 17.7. The van der Waals surface area contributed by atoms with Gasteiger partial charge in [0.15, 0.2) is 5.96 Å². The summed E-state index contributed by atoms with van der Waals surface area (Å²) < 4.78 is 15.0. The Morgan fingerprint density at radius 1 is 1.26 bits per heavy atom. The van der Waals surface area contributed by atoms with Gasteiger partial charge in [0.1, 0.15) is 23.3 Å². The summed E-state index contributed by atoms with van der Waals surface area (Å²) in [5.74, 6) is 0.803. The van der Waals surface area contributed by atoms with Crippen LogP contribution in [0.25, 0.3) is 5.69 Å². The van der Waals surface area contributed by atoms with Crippen LogP contribution >= 0.6 is 0 Å². The highest BCUT2D eigenvalue weighted by Crippen LogP contribution is 2.21. The molecule has 0 unspecified atom stereocenters. The molecule has 7 nitrogen and oxygen atoms in total. The number of nitrogens with one attached hydrogen (secondary N) is 1. The normalized spacial score (nSPS) is 11.2. The first kappa shape index (κ1) is 21.8. The van der Waals surface area contributed by atoms with E-state index < -0.39 is 0 Å². The number of nitrogens with zero attached hydrogens (tertiary/aromatic N) is 5. The van der Waals surface area contributed by atoms with Crippen LogP contribution in [0.5, 0.6) is 0 Å². The highest BCUT2D eigenvalue weighted by molar-refractivity contribution is 5.79. The first-order valence-electron chi connectivity index (χ1n) is 10.0. The average molecular weight is 420 g/mol. The molecule has 3 aromatic rings. The predicted octanol–water partition coefficient (Wildman–Crippen LogP) is 3.11. The van der Waals surface area contributed by atoms with Gasteiger partial charge in [-0.15, -0.1) is 0 Å². The van der Waals surface area contributed by atoms with E-state index in [1.165, 1.54) is 12.1 Å². The Morgan fingerprint density at radius 3 is 2.71 bits per heavy atom. The average Bonchev–Trinajstić information content (AvgIpc) is 3.09. The number of hydrogen-bond donors (Lipinski definition) is 2. The summed E-state index contributed by atoms with van der Waals surface area (Å²) in [5.41, 5.74) is 8.93. The highest BCUT2D eigenvalue weighted by Gasteiger charge is 2.16. The lowest BCUT2D eigenvalue weighted by Gasteiger charge is -2.22. The topological polar surface area (TPSA) is 95.3 Å². The third kappa shape index (κ3) is 5.39. The number of aryl methyl sites for hydroxylation is 1. The molecular weight excluding hydrogens is 393 g/mol. The van der Waals surface area contributed by atoms with Crippen molar-refractivity contribution in [2.45, 2.75) is 19.4 Å². The van der Waals surface area contributed by atoms with Gasteiger partial charge in [-0.2, -0.15) is 10.4 Å². The molecule has 0 aliphatic carbocycles. The largest absolute Gasteiger partial charge is 0.382 e. The maximum Gasteiger partial charge on any atom is 0.193 e. The molecule has 0 spiro atoms. The summed E-state index contributed by atoms with van der Waals surface area (Å²) >= 11 is 0. The van der Waals surface area contributed by atoms with Gasteiger partial charge < -0.3 is 16.0 Å². The van der Waals surface area contributed by atoms with Crippen LogP contribution in [0.3, 0.4) is 0 Å². The molecule has 0 amide bonds. The van der Waals surface area contributed by atoms with E-state index in [-0.39, 0.29) is 5.82 Å². The summed E-state index contributed by atoms with van der Waals surface area (Å²) in [6.07, 6.45) is 1.34. The van der Waals surface area contributed by atoms with Gasteiger partial charge in [-0.1, -0.05) is 30.3 Å². The standard InChI is InChI=1S/C23H26FN7/c1-27-23(30(2)16-17-8-6-9-18(24)14-17)28-13-7-12-21-20(15-25)22(26)31(29-21)19-10-4-3-5-11-19/h3-6,8-11,14H,7,12-13,16,26H2,1-2H3,(H,27,28). The Bertz CT molecular complexity index is 1080. The maximum atomic E-state index is 13.4. The quantitative estimate of drug-likeness (QED) is 0.349. The number of nitriles is 1. The van der Waals surface area contributed by atoms with Crippen molar-refractivity contribution in [3.05, 3.63) is 77.2 Å². The smallest absolute Gasteiger partial charge is 0.193 e. The number of aliphatic imine (C=N–C) groups is 1. The molecule has 0 aliphatic rings. The molecule has 1 aromatic heterocycles. The second kappa shape index (κ2) is 10.3. The van der Waals surface area contributed by atoms with Crippen molar-refractivity contribution in [1.82, 2.24) is 20.0 Å². The van der Waals surface area contributed by atoms with E-state index in [9.17, 15) is 9.65 Å². The van der Waals surface area contributed by atoms with E-state index in [0.717, 1.165) is 17.7 Å². The fourth-order valence-electron chi connectivity index (χ4n) is 3.37. The van der Waals surface area contributed by atoms with Crippen LogP contribution < -0.4 is 11.1 Å². The first-order valence-corrected chi connectivity index (χ1v) is 10.0. The molecule has 0 atom stereocenters. The van der Waals surface area contributed by atoms with Gasteiger partial charge in [0, 0.05) is 27.2 Å². The fourth-order valence-corrected chi connectivity index (χ4v) is 3.37. The number of halogens is 1. The predicted molar refractivity (Wildman–Crippen MR) is 120 cm³/mol. The van der Waals surface area contributed by atoms with Gasteiger partial charge in [0.05, 0.1) is 11.4 Å². The van der Waals surface area contributed by atoms with Crippen LogP contribution in [0.15, 0.2) is 59.6 Å². The van der Waals surface area contributed by atoms with Crippen LogP contribution in [-0.2, 0) is 13.0 Å². The minimum Gasteiger partial charge on any atom is -0.382 e. The third-order valence-electron chi connectivity index (χ3n) is 4.86. The summed E-state index contributed by atoms with van der Waals surface area (Å²) in [7, 11) is 3.61. The molecule has 31 heavy (non-hydrogen) atoms. The van der Waals surface area contributed by atoms with Gasteiger partial charge >= 0.3 is 0 Å². The number of guanidine groups is 1. The van der Waals surface area contributed by atoms with Gasteiger partial charge in [0.2, 0.25) is 0 Å². The zero-order chi connectivity index (χ0) is 22.2. The molecule has 2 aromatic carbocycles. The van der Waals surface area contributed by atoms with E-state index >= 15 is 0 Å².